The summed E-state index contributed by atoms with van der Waals surface area (Å²) in [5.74, 6) is 0.173. The summed E-state index contributed by atoms with van der Waals surface area (Å²) in [6.45, 7) is 4.40. The minimum absolute atomic E-state index is 0.193. The Labute approximate surface area is 154 Å². The Hall–Kier alpha value is -1.09. The van der Waals surface area contributed by atoms with E-state index < -0.39 is 5.97 Å². The quantitative estimate of drug-likeness (QED) is 0.322. The fraction of sp³-hybridized carbons (Fsp3) is 0.773. The van der Waals surface area contributed by atoms with Crippen LogP contribution in [0.25, 0.3) is 0 Å². The molecule has 0 spiro atoms. The second-order valence-corrected chi connectivity index (χ2v) is 7.55. The van der Waals surface area contributed by atoms with Crippen LogP contribution in [0.1, 0.15) is 90.9 Å². The number of aliphatic hydroxyl groups is 1. The number of aliphatic hydroxyl groups excluding tert-OH is 1. The molecule has 0 heterocycles. The molecule has 0 aromatic heterocycles. The number of unbranched alkanes of at least 4 members (excludes halogenated alkanes) is 5. The van der Waals surface area contributed by atoms with Gasteiger partial charge in [-0.1, -0.05) is 56.9 Å². The Morgan fingerprint density at radius 2 is 1.88 bits per heavy atom. The number of carboxylic acids is 1. The monoisotopic (exact) mass is 350 g/mol. The summed E-state index contributed by atoms with van der Waals surface area (Å²) in [5.41, 5.74) is 1.42. The fourth-order valence-electron chi connectivity index (χ4n) is 3.79. The molecule has 25 heavy (non-hydrogen) atoms. The largest absolute Gasteiger partial charge is 0.481 e. The highest BCUT2D eigenvalue weighted by Gasteiger charge is 2.31. The lowest BCUT2D eigenvalue weighted by Crippen LogP contribution is -2.09. The van der Waals surface area contributed by atoms with Gasteiger partial charge in [-0.2, -0.15) is 0 Å². The fourth-order valence-corrected chi connectivity index (χ4v) is 3.79. The van der Waals surface area contributed by atoms with Crippen molar-refractivity contribution >= 4 is 5.97 Å². The maximum absolute atomic E-state index is 10.6. The van der Waals surface area contributed by atoms with Gasteiger partial charge in [-0.05, 0) is 57.3 Å². The molecule has 1 unspecified atom stereocenters. The molecule has 0 aromatic carbocycles. The molecule has 0 radical (unpaired) electrons. The van der Waals surface area contributed by atoms with Crippen LogP contribution in [0.2, 0.25) is 0 Å². The SMILES string of the molecule is CCCCCC/C=C/C1C[C@@H](C/C(=C/CCCC(=O)O)CC)C[C@H]1O. The molecule has 3 nitrogen and oxygen atoms in total. The smallest absolute Gasteiger partial charge is 0.303 e. The number of rotatable bonds is 13. The van der Waals surface area contributed by atoms with Gasteiger partial charge in [0.2, 0.25) is 0 Å². The average Bonchev–Trinajstić information content (AvgIpc) is 2.93. The Kier molecular flexibility index (Phi) is 11.6. The summed E-state index contributed by atoms with van der Waals surface area (Å²) in [6, 6.07) is 0. The van der Waals surface area contributed by atoms with E-state index in [1.807, 2.05) is 0 Å². The van der Waals surface area contributed by atoms with Crippen LogP contribution in [-0.2, 0) is 4.79 Å². The van der Waals surface area contributed by atoms with Gasteiger partial charge in [0.05, 0.1) is 6.10 Å². The van der Waals surface area contributed by atoms with Gasteiger partial charge in [0.1, 0.15) is 0 Å². The van der Waals surface area contributed by atoms with E-state index in [-0.39, 0.29) is 12.5 Å². The van der Waals surface area contributed by atoms with Crippen molar-refractivity contribution < 1.29 is 15.0 Å². The van der Waals surface area contributed by atoms with Crippen molar-refractivity contribution in [1.29, 1.82) is 0 Å². The van der Waals surface area contributed by atoms with Crippen molar-refractivity contribution in [2.75, 3.05) is 0 Å². The van der Waals surface area contributed by atoms with Gasteiger partial charge >= 0.3 is 5.97 Å². The Morgan fingerprint density at radius 3 is 2.56 bits per heavy atom. The second-order valence-electron chi connectivity index (χ2n) is 7.55. The maximum atomic E-state index is 10.6. The van der Waals surface area contributed by atoms with Gasteiger partial charge in [-0.3, -0.25) is 4.79 Å². The van der Waals surface area contributed by atoms with E-state index in [4.69, 9.17) is 5.11 Å². The third-order valence-electron chi connectivity index (χ3n) is 5.31. The molecule has 1 fully saturated rings. The van der Waals surface area contributed by atoms with E-state index in [9.17, 15) is 9.90 Å². The first kappa shape index (κ1) is 22.0. The molecule has 0 saturated heterocycles. The molecule has 2 N–H and O–H groups in total. The lowest BCUT2D eigenvalue weighted by Gasteiger charge is -2.11. The summed E-state index contributed by atoms with van der Waals surface area (Å²) in [4.78, 5) is 10.6. The van der Waals surface area contributed by atoms with Gasteiger partial charge in [0, 0.05) is 12.3 Å². The number of aliphatic carboxylic acids is 1. The van der Waals surface area contributed by atoms with Crippen LogP contribution >= 0.6 is 0 Å². The summed E-state index contributed by atoms with van der Waals surface area (Å²) in [6.07, 6.45) is 18.7. The molecule has 0 bridgehead atoms. The zero-order valence-corrected chi connectivity index (χ0v) is 16.3. The topological polar surface area (TPSA) is 57.5 Å². The molecule has 0 aliphatic heterocycles. The normalized spacial score (nSPS) is 24.3. The lowest BCUT2D eigenvalue weighted by molar-refractivity contribution is -0.137. The number of allylic oxidation sites excluding steroid dienone is 3. The predicted octanol–water partition coefficient (Wildman–Crippen LogP) is 5.88. The maximum Gasteiger partial charge on any atom is 0.303 e. The molecule has 0 amide bonds. The van der Waals surface area contributed by atoms with Crippen LogP contribution < -0.4 is 0 Å². The molecule has 144 valence electrons. The molecule has 0 aromatic rings. The van der Waals surface area contributed by atoms with Crippen molar-refractivity contribution in [3.05, 3.63) is 23.8 Å². The molecule has 1 aliphatic carbocycles. The summed E-state index contributed by atoms with van der Waals surface area (Å²) >= 11 is 0. The minimum Gasteiger partial charge on any atom is -0.481 e. The predicted molar refractivity (Wildman–Crippen MR) is 105 cm³/mol. The van der Waals surface area contributed by atoms with Crippen molar-refractivity contribution in [2.24, 2.45) is 11.8 Å². The highest BCUT2D eigenvalue weighted by molar-refractivity contribution is 5.66. The van der Waals surface area contributed by atoms with E-state index in [0.29, 0.717) is 11.8 Å². The number of hydrogen-bond donors (Lipinski definition) is 2. The first-order valence-electron chi connectivity index (χ1n) is 10.3. The Balaban J connectivity index is 2.33. The van der Waals surface area contributed by atoms with Crippen LogP contribution in [0.5, 0.6) is 0 Å². The number of hydrogen-bond acceptors (Lipinski definition) is 2. The average molecular weight is 351 g/mol. The van der Waals surface area contributed by atoms with Crippen molar-refractivity contribution in [1.82, 2.24) is 0 Å². The molecular weight excluding hydrogens is 312 g/mol. The van der Waals surface area contributed by atoms with Crippen molar-refractivity contribution in [2.45, 2.75) is 97.0 Å². The second kappa shape index (κ2) is 13.2. The minimum atomic E-state index is -0.713. The Morgan fingerprint density at radius 1 is 1.08 bits per heavy atom. The molecular formula is C22H38O3. The highest BCUT2D eigenvalue weighted by Crippen LogP contribution is 2.36. The van der Waals surface area contributed by atoms with E-state index in [1.165, 1.54) is 31.3 Å². The van der Waals surface area contributed by atoms with Gasteiger partial charge in [0.15, 0.2) is 0 Å². The van der Waals surface area contributed by atoms with Crippen LogP contribution in [-0.4, -0.2) is 22.3 Å². The summed E-state index contributed by atoms with van der Waals surface area (Å²) in [5, 5.41) is 19.0. The first-order valence-corrected chi connectivity index (χ1v) is 10.3. The standard InChI is InChI=1S/C22H38O3/c1-3-5-6-7-8-9-13-20-16-19(17-21(20)23)15-18(4-2)12-10-11-14-22(24)25/h9,12-13,19-21,23H,3-8,10-11,14-17H2,1-2H3,(H,24,25)/b13-9+,18-12+/t19-,20?,21-/m1/s1. The van der Waals surface area contributed by atoms with Gasteiger partial charge in [0.25, 0.3) is 0 Å². The van der Waals surface area contributed by atoms with E-state index in [1.54, 1.807) is 0 Å². The third-order valence-corrected chi connectivity index (χ3v) is 5.31. The van der Waals surface area contributed by atoms with Crippen LogP contribution in [0, 0.1) is 11.8 Å². The van der Waals surface area contributed by atoms with Crippen LogP contribution in [0.3, 0.4) is 0 Å². The molecule has 3 atom stereocenters. The van der Waals surface area contributed by atoms with E-state index in [0.717, 1.165) is 44.9 Å². The summed E-state index contributed by atoms with van der Waals surface area (Å²) in [7, 11) is 0. The first-order chi connectivity index (χ1) is 12.1. The zero-order chi connectivity index (χ0) is 18.5. The molecule has 3 heteroatoms. The van der Waals surface area contributed by atoms with Gasteiger partial charge < -0.3 is 10.2 Å². The van der Waals surface area contributed by atoms with E-state index in [2.05, 4.69) is 32.1 Å². The molecule has 1 rings (SSSR count). The third kappa shape index (κ3) is 9.84. The molecule has 1 aliphatic rings. The highest BCUT2D eigenvalue weighted by atomic mass is 16.4. The van der Waals surface area contributed by atoms with Gasteiger partial charge in [-0.25, -0.2) is 0 Å². The molecule has 1 saturated carbocycles. The number of carboxylic acid groups (broad SMARTS) is 1. The summed E-state index contributed by atoms with van der Waals surface area (Å²) < 4.78 is 0. The van der Waals surface area contributed by atoms with Crippen molar-refractivity contribution in [3.8, 4) is 0 Å². The lowest BCUT2D eigenvalue weighted by atomic mass is 9.94. The van der Waals surface area contributed by atoms with E-state index >= 15 is 0 Å². The zero-order valence-electron chi connectivity index (χ0n) is 16.3. The number of carbonyl (C=O) groups is 1. The van der Waals surface area contributed by atoms with Gasteiger partial charge in [-0.15, -0.1) is 0 Å². The van der Waals surface area contributed by atoms with Crippen LogP contribution in [0.15, 0.2) is 23.8 Å². The Bertz CT molecular complexity index is 425. The van der Waals surface area contributed by atoms with Crippen LogP contribution in [0.4, 0.5) is 0 Å². The van der Waals surface area contributed by atoms with Crippen molar-refractivity contribution in [3.63, 3.8) is 0 Å².